The van der Waals surface area contributed by atoms with E-state index in [0.29, 0.717) is 22.7 Å². The Morgan fingerprint density at radius 1 is 1.17 bits per heavy atom. The Hall–Kier alpha value is -2.18. The third kappa shape index (κ3) is 4.40. The molecule has 0 aliphatic rings. The van der Waals surface area contributed by atoms with Crippen LogP contribution < -0.4 is 5.32 Å². The van der Waals surface area contributed by atoms with Crippen LogP contribution in [0.15, 0.2) is 41.8 Å². The minimum atomic E-state index is -0.232. The lowest BCUT2D eigenvalue weighted by Crippen LogP contribution is -2.34. The Kier molecular flexibility index (Phi) is 6.31. The van der Waals surface area contributed by atoms with Crippen LogP contribution in [0.1, 0.15) is 33.4 Å². The van der Waals surface area contributed by atoms with Gasteiger partial charge < -0.3 is 15.3 Å². The minimum Gasteiger partial charge on any atom is -0.395 e. The first kappa shape index (κ1) is 17.2. The largest absolute Gasteiger partial charge is 0.395 e. The quantitative estimate of drug-likeness (QED) is 0.819. The van der Waals surface area contributed by atoms with Gasteiger partial charge in [0.25, 0.3) is 11.8 Å². The number of hydrogen-bond donors (Lipinski definition) is 2. The normalized spacial score (nSPS) is 10.3. The monoisotopic (exact) mass is 332 g/mol. The lowest BCUT2D eigenvalue weighted by molar-refractivity contribution is 0.0723. The van der Waals surface area contributed by atoms with Crippen molar-refractivity contribution in [3.8, 4) is 0 Å². The Bertz CT molecular complexity index is 650. The summed E-state index contributed by atoms with van der Waals surface area (Å²) in [6, 6.07) is 10.5. The number of rotatable bonds is 7. The molecule has 0 unspecified atom stereocenters. The van der Waals surface area contributed by atoms with Gasteiger partial charge in [-0.2, -0.15) is 0 Å². The van der Waals surface area contributed by atoms with Gasteiger partial charge in [0.1, 0.15) is 0 Å². The van der Waals surface area contributed by atoms with E-state index in [9.17, 15) is 9.59 Å². The van der Waals surface area contributed by atoms with Crippen LogP contribution in [0, 0.1) is 0 Å². The van der Waals surface area contributed by atoms with Gasteiger partial charge in [0.15, 0.2) is 0 Å². The van der Waals surface area contributed by atoms with Crippen molar-refractivity contribution >= 4 is 28.8 Å². The number of amides is 2. The molecule has 23 heavy (non-hydrogen) atoms. The second-order valence-corrected chi connectivity index (χ2v) is 5.94. The minimum absolute atomic E-state index is 0.0878. The first-order valence-corrected chi connectivity index (χ1v) is 8.39. The summed E-state index contributed by atoms with van der Waals surface area (Å²) in [6.45, 7) is 2.73. The molecule has 0 fully saturated rings. The molecular formula is C17H20N2O3S. The fourth-order valence-corrected chi connectivity index (χ4v) is 2.87. The summed E-state index contributed by atoms with van der Waals surface area (Å²) >= 11 is 1.35. The predicted molar refractivity (Wildman–Crippen MR) is 92.0 cm³/mol. The van der Waals surface area contributed by atoms with E-state index in [1.165, 1.54) is 11.3 Å². The van der Waals surface area contributed by atoms with Crippen LogP contribution in [0.2, 0.25) is 0 Å². The number of anilines is 1. The second kappa shape index (κ2) is 8.45. The van der Waals surface area contributed by atoms with Gasteiger partial charge in [-0.1, -0.05) is 25.1 Å². The summed E-state index contributed by atoms with van der Waals surface area (Å²) in [7, 11) is 0. The van der Waals surface area contributed by atoms with Crippen molar-refractivity contribution in [2.75, 3.05) is 25.0 Å². The SMILES string of the molecule is CCCN(CCO)C(=O)c1ccccc1NC(=O)c1cccs1. The van der Waals surface area contributed by atoms with Crippen molar-refractivity contribution in [3.05, 3.63) is 52.2 Å². The number of carbonyl (C=O) groups excluding carboxylic acids is 2. The molecule has 0 bridgehead atoms. The average molecular weight is 332 g/mol. The van der Waals surface area contributed by atoms with Crippen LogP contribution in [0.5, 0.6) is 0 Å². The lowest BCUT2D eigenvalue weighted by Gasteiger charge is -2.22. The van der Waals surface area contributed by atoms with Crippen molar-refractivity contribution in [1.82, 2.24) is 4.90 Å². The maximum atomic E-state index is 12.7. The molecule has 0 aliphatic carbocycles. The molecule has 0 saturated heterocycles. The fourth-order valence-electron chi connectivity index (χ4n) is 2.25. The number of nitrogens with one attached hydrogen (secondary N) is 1. The molecule has 5 nitrogen and oxygen atoms in total. The highest BCUT2D eigenvalue weighted by Crippen LogP contribution is 2.19. The summed E-state index contributed by atoms with van der Waals surface area (Å²) in [5, 5.41) is 13.8. The molecular weight excluding hydrogens is 312 g/mol. The zero-order valence-corrected chi connectivity index (χ0v) is 13.8. The highest BCUT2D eigenvalue weighted by molar-refractivity contribution is 7.12. The van der Waals surface area contributed by atoms with E-state index in [1.54, 1.807) is 41.3 Å². The topological polar surface area (TPSA) is 69.6 Å². The molecule has 1 heterocycles. The second-order valence-electron chi connectivity index (χ2n) is 4.99. The van der Waals surface area contributed by atoms with E-state index in [4.69, 9.17) is 5.11 Å². The number of thiophene rings is 1. The molecule has 0 atom stereocenters. The zero-order chi connectivity index (χ0) is 16.7. The van der Waals surface area contributed by atoms with Gasteiger partial charge >= 0.3 is 0 Å². The molecule has 6 heteroatoms. The lowest BCUT2D eigenvalue weighted by atomic mass is 10.1. The van der Waals surface area contributed by atoms with Gasteiger partial charge in [0.05, 0.1) is 22.7 Å². The van der Waals surface area contributed by atoms with Crippen molar-refractivity contribution < 1.29 is 14.7 Å². The third-order valence-electron chi connectivity index (χ3n) is 3.30. The highest BCUT2D eigenvalue weighted by atomic mass is 32.1. The molecule has 2 aromatic rings. The molecule has 1 aromatic carbocycles. The zero-order valence-electron chi connectivity index (χ0n) is 13.0. The maximum absolute atomic E-state index is 12.7. The van der Waals surface area contributed by atoms with Gasteiger partial charge in [-0.05, 0) is 30.0 Å². The average Bonchev–Trinajstić information content (AvgIpc) is 3.09. The van der Waals surface area contributed by atoms with Crippen LogP contribution in [-0.2, 0) is 0 Å². The first-order chi connectivity index (χ1) is 11.2. The van der Waals surface area contributed by atoms with Crippen LogP contribution in [-0.4, -0.2) is 41.5 Å². The van der Waals surface area contributed by atoms with Gasteiger partial charge in [-0.25, -0.2) is 0 Å². The van der Waals surface area contributed by atoms with Crippen LogP contribution in [0.3, 0.4) is 0 Å². The number of hydrogen-bond acceptors (Lipinski definition) is 4. The van der Waals surface area contributed by atoms with E-state index < -0.39 is 0 Å². The summed E-state index contributed by atoms with van der Waals surface area (Å²) in [4.78, 5) is 27.1. The number of nitrogens with zero attached hydrogens (tertiary/aromatic N) is 1. The Morgan fingerprint density at radius 2 is 1.96 bits per heavy atom. The van der Waals surface area contributed by atoms with Gasteiger partial charge in [-0.15, -0.1) is 11.3 Å². The number of para-hydroxylation sites is 1. The van der Waals surface area contributed by atoms with Gasteiger partial charge in [0.2, 0.25) is 0 Å². The standard InChI is InChI=1S/C17H20N2O3S/c1-2-9-19(10-11-20)17(22)13-6-3-4-7-14(13)18-16(21)15-8-5-12-23-15/h3-8,12,20H,2,9-11H2,1H3,(H,18,21). The van der Waals surface area contributed by atoms with E-state index in [2.05, 4.69) is 5.32 Å². The molecule has 0 spiro atoms. The molecule has 0 radical (unpaired) electrons. The molecule has 2 rings (SSSR count). The van der Waals surface area contributed by atoms with E-state index in [0.717, 1.165) is 6.42 Å². The molecule has 1 aromatic heterocycles. The Morgan fingerprint density at radius 3 is 2.61 bits per heavy atom. The molecule has 0 saturated carbocycles. The number of benzene rings is 1. The maximum Gasteiger partial charge on any atom is 0.265 e. The van der Waals surface area contributed by atoms with Crippen LogP contribution in [0.4, 0.5) is 5.69 Å². The number of aliphatic hydroxyl groups excluding tert-OH is 1. The number of carbonyl (C=O) groups is 2. The predicted octanol–water partition coefficient (Wildman–Crippen LogP) is 2.84. The highest BCUT2D eigenvalue weighted by Gasteiger charge is 2.19. The van der Waals surface area contributed by atoms with Crippen LogP contribution >= 0.6 is 11.3 Å². The van der Waals surface area contributed by atoms with Crippen molar-refractivity contribution in [3.63, 3.8) is 0 Å². The fraction of sp³-hybridized carbons (Fsp3) is 0.294. The Labute approximate surface area is 139 Å². The summed E-state index contributed by atoms with van der Waals surface area (Å²) in [5.74, 6) is -0.424. The molecule has 2 N–H and O–H groups in total. The van der Waals surface area contributed by atoms with E-state index >= 15 is 0 Å². The van der Waals surface area contributed by atoms with Crippen molar-refractivity contribution in [1.29, 1.82) is 0 Å². The van der Waals surface area contributed by atoms with E-state index in [1.807, 2.05) is 12.3 Å². The third-order valence-corrected chi connectivity index (χ3v) is 4.17. The molecule has 0 aliphatic heterocycles. The summed E-state index contributed by atoms with van der Waals surface area (Å²) in [6.07, 6.45) is 0.801. The summed E-state index contributed by atoms with van der Waals surface area (Å²) < 4.78 is 0. The first-order valence-electron chi connectivity index (χ1n) is 7.51. The van der Waals surface area contributed by atoms with E-state index in [-0.39, 0.29) is 25.0 Å². The summed E-state index contributed by atoms with van der Waals surface area (Å²) in [5.41, 5.74) is 0.911. The smallest absolute Gasteiger partial charge is 0.265 e. The van der Waals surface area contributed by atoms with Gasteiger partial charge in [0, 0.05) is 13.1 Å². The van der Waals surface area contributed by atoms with Crippen molar-refractivity contribution in [2.45, 2.75) is 13.3 Å². The van der Waals surface area contributed by atoms with Crippen LogP contribution in [0.25, 0.3) is 0 Å². The molecule has 122 valence electrons. The van der Waals surface area contributed by atoms with Crippen molar-refractivity contribution in [2.24, 2.45) is 0 Å². The molecule has 2 amide bonds. The Balaban J connectivity index is 2.22. The van der Waals surface area contributed by atoms with Gasteiger partial charge in [-0.3, -0.25) is 9.59 Å². The number of aliphatic hydroxyl groups is 1.